The Morgan fingerprint density at radius 2 is 2.04 bits per heavy atom. The molecule has 0 fully saturated rings. The van der Waals surface area contributed by atoms with Crippen LogP contribution in [0.1, 0.15) is 11.6 Å². The first-order valence-corrected chi connectivity index (χ1v) is 8.29. The van der Waals surface area contributed by atoms with E-state index in [4.69, 9.17) is 18.4 Å². The molecule has 0 N–H and O–H groups in total. The van der Waals surface area contributed by atoms with Gasteiger partial charge in [0.15, 0.2) is 10.4 Å². The number of hydrogen-bond donors (Lipinski definition) is 0. The average molecular weight is 452 g/mol. The van der Waals surface area contributed by atoms with Crippen LogP contribution in [0, 0.1) is 3.77 Å². The highest BCUT2D eigenvalue weighted by atomic mass is 127. The first-order valence-electron chi connectivity index (χ1n) is 7.21. The molecular weight excluding hydrogens is 439 g/mol. The quantitative estimate of drug-likeness (QED) is 0.320. The van der Waals surface area contributed by atoms with Gasteiger partial charge in [0.05, 0.1) is 7.11 Å². The molecule has 2 heterocycles. The Morgan fingerprint density at radius 3 is 2.72 bits per heavy atom. The molecule has 0 aliphatic heterocycles. The van der Waals surface area contributed by atoms with Crippen molar-refractivity contribution in [3.63, 3.8) is 0 Å². The van der Waals surface area contributed by atoms with Crippen LogP contribution in [0.5, 0.6) is 5.75 Å². The molecule has 0 unspecified atom stereocenters. The average Bonchev–Trinajstić information content (AvgIpc) is 3.27. The maximum Gasteiger partial charge on any atom is 0.331 e. The summed E-state index contributed by atoms with van der Waals surface area (Å²) in [5, 5.41) is 3.79. The second kappa shape index (κ2) is 7.97. The number of nitrogens with zero attached hydrogens (tertiary/aromatic N) is 2. The van der Waals surface area contributed by atoms with Crippen molar-refractivity contribution in [3.05, 3.63) is 57.8 Å². The molecule has 3 aromatic rings. The molecular formula is C17H13IN2O5. The Hall–Kier alpha value is -2.62. The topological polar surface area (TPSA) is 87.6 Å². The third-order valence-corrected chi connectivity index (χ3v) is 3.71. The van der Waals surface area contributed by atoms with Gasteiger partial charge in [0.2, 0.25) is 5.82 Å². The summed E-state index contributed by atoms with van der Waals surface area (Å²) in [5.41, 5.74) is 0.748. The minimum Gasteiger partial charge on any atom is -0.497 e. The Morgan fingerprint density at radius 1 is 1.24 bits per heavy atom. The Bertz CT molecular complexity index is 883. The van der Waals surface area contributed by atoms with Crippen LogP contribution in [0.2, 0.25) is 0 Å². The molecule has 8 heteroatoms. The largest absolute Gasteiger partial charge is 0.497 e. The predicted molar refractivity (Wildman–Crippen MR) is 96.5 cm³/mol. The van der Waals surface area contributed by atoms with Gasteiger partial charge >= 0.3 is 5.97 Å². The number of furan rings is 1. The van der Waals surface area contributed by atoms with E-state index in [1.807, 2.05) is 22.6 Å². The highest BCUT2D eigenvalue weighted by molar-refractivity contribution is 14.1. The number of aromatic nitrogens is 2. The van der Waals surface area contributed by atoms with Crippen LogP contribution in [-0.4, -0.2) is 23.2 Å². The fraction of sp³-hybridized carbons (Fsp3) is 0.118. The van der Waals surface area contributed by atoms with Crippen LogP contribution in [0.3, 0.4) is 0 Å². The van der Waals surface area contributed by atoms with Gasteiger partial charge in [-0.25, -0.2) is 4.79 Å². The molecule has 0 amide bonds. The van der Waals surface area contributed by atoms with E-state index in [0.29, 0.717) is 11.7 Å². The number of ether oxygens (including phenoxy) is 2. The van der Waals surface area contributed by atoms with Crippen LogP contribution in [0.25, 0.3) is 17.5 Å². The van der Waals surface area contributed by atoms with Gasteiger partial charge in [-0.05, 0) is 65.1 Å². The van der Waals surface area contributed by atoms with E-state index >= 15 is 0 Å². The number of esters is 1. The van der Waals surface area contributed by atoms with Crippen LogP contribution < -0.4 is 4.74 Å². The summed E-state index contributed by atoms with van der Waals surface area (Å²) in [6.45, 7) is -0.0848. The lowest BCUT2D eigenvalue weighted by atomic mass is 10.2. The molecule has 7 nitrogen and oxygen atoms in total. The van der Waals surface area contributed by atoms with E-state index in [9.17, 15) is 4.79 Å². The molecule has 0 aliphatic rings. The first kappa shape index (κ1) is 17.2. The highest BCUT2D eigenvalue weighted by Crippen LogP contribution is 2.20. The summed E-state index contributed by atoms with van der Waals surface area (Å²) in [7, 11) is 1.59. The van der Waals surface area contributed by atoms with E-state index in [1.54, 1.807) is 43.5 Å². The normalized spacial score (nSPS) is 11.0. The molecule has 1 aromatic carbocycles. The lowest BCUT2D eigenvalue weighted by Crippen LogP contribution is -2.01. The highest BCUT2D eigenvalue weighted by Gasteiger charge is 2.10. The number of benzene rings is 1. The zero-order valence-corrected chi connectivity index (χ0v) is 15.3. The summed E-state index contributed by atoms with van der Waals surface area (Å²) in [5.74, 6) is 1.40. The maximum absolute atomic E-state index is 11.7. The smallest absolute Gasteiger partial charge is 0.331 e. The predicted octanol–water partition coefficient (Wildman–Crippen LogP) is 3.70. The van der Waals surface area contributed by atoms with E-state index in [0.717, 1.165) is 15.1 Å². The molecule has 3 rings (SSSR count). The molecule has 0 atom stereocenters. The van der Waals surface area contributed by atoms with Gasteiger partial charge in [-0.2, -0.15) is 4.98 Å². The number of hydrogen-bond acceptors (Lipinski definition) is 7. The summed E-state index contributed by atoms with van der Waals surface area (Å²) in [6.07, 6.45) is 2.81. The molecule has 0 saturated carbocycles. The Kier molecular flexibility index (Phi) is 5.49. The summed E-state index contributed by atoms with van der Waals surface area (Å²) in [6, 6.07) is 10.7. The van der Waals surface area contributed by atoms with Gasteiger partial charge < -0.3 is 18.4 Å². The van der Waals surface area contributed by atoms with Crippen LogP contribution in [-0.2, 0) is 16.1 Å². The molecule has 2 aromatic heterocycles. The lowest BCUT2D eigenvalue weighted by molar-refractivity contribution is -0.139. The van der Waals surface area contributed by atoms with Gasteiger partial charge in [-0.15, -0.1) is 0 Å². The molecule has 0 aliphatic carbocycles. The van der Waals surface area contributed by atoms with Gasteiger partial charge in [0.25, 0.3) is 5.89 Å². The monoisotopic (exact) mass is 452 g/mol. The van der Waals surface area contributed by atoms with Crippen LogP contribution in [0.15, 0.2) is 51.4 Å². The second-order valence-electron chi connectivity index (χ2n) is 4.83. The van der Waals surface area contributed by atoms with Crippen molar-refractivity contribution in [1.82, 2.24) is 10.1 Å². The third kappa shape index (κ3) is 4.69. The number of halogens is 1. The fourth-order valence-electron chi connectivity index (χ4n) is 1.92. The van der Waals surface area contributed by atoms with Gasteiger partial charge in [0.1, 0.15) is 11.5 Å². The van der Waals surface area contributed by atoms with Crippen molar-refractivity contribution in [2.45, 2.75) is 6.61 Å². The van der Waals surface area contributed by atoms with Crippen molar-refractivity contribution in [1.29, 1.82) is 0 Å². The molecule has 0 saturated heterocycles. The zero-order chi connectivity index (χ0) is 17.6. The van der Waals surface area contributed by atoms with Crippen molar-refractivity contribution >= 4 is 34.6 Å². The van der Waals surface area contributed by atoms with Crippen LogP contribution in [0.4, 0.5) is 0 Å². The molecule has 128 valence electrons. The third-order valence-electron chi connectivity index (χ3n) is 3.13. The zero-order valence-electron chi connectivity index (χ0n) is 13.1. The second-order valence-corrected chi connectivity index (χ2v) is 5.89. The van der Waals surface area contributed by atoms with Gasteiger partial charge in [-0.1, -0.05) is 5.16 Å². The van der Waals surface area contributed by atoms with Crippen molar-refractivity contribution < 1.29 is 23.2 Å². The van der Waals surface area contributed by atoms with E-state index in [1.165, 1.54) is 12.2 Å². The van der Waals surface area contributed by atoms with Gasteiger partial charge in [0, 0.05) is 11.6 Å². The molecule has 0 spiro atoms. The first-order chi connectivity index (χ1) is 12.1. The minimum absolute atomic E-state index is 0.0848. The lowest BCUT2D eigenvalue weighted by Gasteiger charge is -1.99. The maximum atomic E-state index is 11.7. The standard InChI is InChI=1S/C17H13IN2O5/c1-22-12-4-2-11(3-5-12)17-19-15(20-25-17)10-23-16(21)9-7-13-6-8-14(18)24-13/h2-9H,10H2,1H3/b9-7+. The van der Waals surface area contributed by atoms with Crippen molar-refractivity contribution in [2.24, 2.45) is 0 Å². The summed E-state index contributed by atoms with van der Waals surface area (Å²) >= 11 is 2.04. The molecule has 0 bridgehead atoms. The SMILES string of the molecule is COc1ccc(-c2nc(COC(=O)/C=C/c3ccc(I)o3)no2)cc1. The van der Waals surface area contributed by atoms with E-state index < -0.39 is 5.97 Å². The minimum atomic E-state index is -0.526. The number of carbonyl (C=O) groups is 1. The van der Waals surface area contributed by atoms with Crippen molar-refractivity contribution in [3.8, 4) is 17.2 Å². The summed E-state index contributed by atoms with van der Waals surface area (Å²) in [4.78, 5) is 15.9. The number of rotatable bonds is 6. The van der Waals surface area contributed by atoms with Crippen molar-refractivity contribution in [2.75, 3.05) is 7.11 Å². The summed E-state index contributed by atoms with van der Waals surface area (Å²) < 4.78 is 21.4. The Balaban J connectivity index is 1.55. The van der Waals surface area contributed by atoms with E-state index in [2.05, 4.69) is 10.1 Å². The fourth-order valence-corrected chi connectivity index (χ4v) is 2.35. The van der Waals surface area contributed by atoms with E-state index in [-0.39, 0.29) is 12.4 Å². The number of carbonyl (C=O) groups excluding carboxylic acids is 1. The number of methoxy groups -OCH3 is 1. The molecule has 25 heavy (non-hydrogen) atoms. The Labute approximate surface area is 156 Å². The molecule has 0 radical (unpaired) electrons. The van der Waals surface area contributed by atoms with Gasteiger partial charge in [-0.3, -0.25) is 0 Å². The van der Waals surface area contributed by atoms with Crippen LogP contribution >= 0.6 is 22.6 Å².